The van der Waals surface area contributed by atoms with Gasteiger partial charge in [0.05, 0.1) is 19.0 Å². The van der Waals surface area contributed by atoms with Gasteiger partial charge in [0.15, 0.2) is 0 Å². The number of aromatic nitrogens is 1. The van der Waals surface area contributed by atoms with Crippen LogP contribution in [0.15, 0.2) is 12.3 Å². The van der Waals surface area contributed by atoms with Crippen LogP contribution in [0.4, 0.5) is 5.69 Å². The van der Waals surface area contributed by atoms with Crippen LogP contribution >= 0.6 is 0 Å². The third-order valence-electron chi connectivity index (χ3n) is 1.88. The van der Waals surface area contributed by atoms with Gasteiger partial charge in [-0.3, -0.25) is 4.98 Å². The van der Waals surface area contributed by atoms with Crippen molar-refractivity contribution in [1.82, 2.24) is 4.98 Å². The van der Waals surface area contributed by atoms with Gasteiger partial charge in [0.2, 0.25) is 0 Å². The van der Waals surface area contributed by atoms with Crippen molar-refractivity contribution in [3.05, 3.63) is 18.0 Å². The van der Waals surface area contributed by atoms with Crippen LogP contribution in [-0.2, 0) is 5.41 Å². The molecule has 0 aromatic carbocycles. The van der Waals surface area contributed by atoms with Crippen molar-refractivity contribution in [3.8, 4) is 5.75 Å². The highest BCUT2D eigenvalue weighted by Gasteiger charge is 2.16. The molecule has 0 aliphatic heterocycles. The van der Waals surface area contributed by atoms with Crippen molar-refractivity contribution < 1.29 is 4.74 Å². The number of nitrogen functional groups attached to an aromatic ring is 1. The molecule has 1 rings (SSSR count). The van der Waals surface area contributed by atoms with E-state index in [-0.39, 0.29) is 5.41 Å². The van der Waals surface area contributed by atoms with Crippen LogP contribution in [0.25, 0.3) is 0 Å². The second-order valence-electron chi connectivity index (χ2n) is 4.06. The summed E-state index contributed by atoms with van der Waals surface area (Å²) in [5.74, 6) is 0.694. The van der Waals surface area contributed by atoms with E-state index >= 15 is 0 Å². The molecule has 0 aliphatic carbocycles. The summed E-state index contributed by atoms with van der Waals surface area (Å²) in [5, 5.41) is 0. The Morgan fingerprint density at radius 3 is 2.46 bits per heavy atom. The lowest BCUT2D eigenvalue weighted by molar-refractivity contribution is 0.413. The molecule has 1 aromatic heterocycles. The number of hydrogen-bond donors (Lipinski definition) is 1. The van der Waals surface area contributed by atoms with E-state index in [2.05, 4.69) is 25.8 Å². The Morgan fingerprint density at radius 2 is 2.00 bits per heavy atom. The summed E-state index contributed by atoms with van der Waals surface area (Å²) in [7, 11) is 1.61. The molecule has 0 aliphatic rings. The topological polar surface area (TPSA) is 48.1 Å². The number of anilines is 1. The highest BCUT2D eigenvalue weighted by molar-refractivity contribution is 5.51. The van der Waals surface area contributed by atoms with Crippen LogP contribution in [0.2, 0.25) is 0 Å². The minimum absolute atomic E-state index is 0.0288. The molecule has 2 N–H and O–H groups in total. The van der Waals surface area contributed by atoms with Gasteiger partial charge in [-0.1, -0.05) is 20.8 Å². The predicted octanol–water partition coefficient (Wildman–Crippen LogP) is 1.97. The minimum atomic E-state index is 0.0288. The van der Waals surface area contributed by atoms with E-state index < -0.39 is 0 Å². The Bertz CT molecular complexity index is 302. The number of pyridine rings is 1. The fourth-order valence-electron chi connectivity index (χ4n) is 1.03. The molecular formula is C10H16N2O. The second kappa shape index (κ2) is 3.24. The summed E-state index contributed by atoms with van der Waals surface area (Å²) >= 11 is 0. The van der Waals surface area contributed by atoms with Crippen LogP contribution in [-0.4, -0.2) is 12.1 Å². The van der Waals surface area contributed by atoms with Crippen molar-refractivity contribution >= 4 is 5.69 Å². The Kier molecular flexibility index (Phi) is 2.45. The second-order valence-corrected chi connectivity index (χ2v) is 4.06. The molecule has 0 amide bonds. The molecule has 3 heteroatoms. The molecule has 1 aromatic rings. The molecule has 3 nitrogen and oxygen atoms in total. The van der Waals surface area contributed by atoms with Gasteiger partial charge in [-0.05, 0) is 0 Å². The van der Waals surface area contributed by atoms with Crippen LogP contribution in [0.5, 0.6) is 5.75 Å². The average Bonchev–Trinajstić information content (AvgIpc) is 2.03. The third-order valence-corrected chi connectivity index (χ3v) is 1.88. The van der Waals surface area contributed by atoms with E-state index in [1.165, 1.54) is 0 Å². The van der Waals surface area contributed by atoms with E-state index in [4.69, 9.17) is 10.5 Å². The Balaban J connectivity index is 3.14. The summed E-state index contributed by atoms with van der Waals surface area (Å²) in [6.07, 6.45) is 1.64. The first-order valence-corrected chi connectivity index (χ1v) is 4.25. The molecular weight excluding hydrogens is 164 g/mol. The average molecular weight is 180 g/mol. The number of nitrogens with two attached hydrogens (primary N) is 1. The SMILES string of the molecule is COc1cc(C(C)(C)C)ncc1N. The lowest BCUT2D eigenvalue weighted by Gasteiger charge is -2.18. The van der Waals surface area contributed by atoms with E-state index in [9.17, 15) is 0 Å². The summed E-state index contributed by atoms with van der Waals surface area (Å²) in [5.41, 5.74) is 7.25. The minimum Gasteiger partial charge on any atom is -0.494 e. The molecule has 0 saturated carbocycles. The fraction of sp³-hybridized carbons (Fsp3) is 0.500. The molecule has 0 unspecified atom stereocenters. The molecule has 13 heavy (non-hydrogen) atoms. The fourth-order valence-corrected chi connectivity index (χ4v) is 1.03. The largest absolute Gasteiger partial charge is 0.494 e. The van der Waals surface area contributed by atoms with Gasteiger partial charge in [0, 0.05) is 17.2 Å². The van der Waals surface area contributed by atoms with E-state index in [1.54, 1.807) is 13.3 Å². The van der Waals surface area contributed by atoms with Gasteiger partial charge in [-0.2, -0.15) is 0 Å². The first-order valence-electron chi connectivity index (χ1n) is 4.25. The maximum Gasteiger partial charge on any atom is 0.145 e. The molecule has 72 valence electrons. The molecule has 0 atom stereocenters. The summed E-state index contributed by atoms with van der Waals surface area (Å²) < 4.78 is 5.12. The van der Waals surface area contributed by atoms with Crippen molar-refractivity contribution in [2.24, 2.45) is 0 Å². The third kappa shape index (κ3) is 2.11. The van der Waals surface area contributed by atoms with Crippen molar-refractivity contribution in [2.75, 3.05) is 12.8 Å². The number of rotatable bonds is 1. The summed E-state index contributed by atoms with van der Waals surface area (Å²) in [6.45, 7) is 6.31. The molecule has 0 fully saturated rings. The Morgan fingerprint density at radius 1 is 1.38 bits per heavy atom. The highest BCUT2D eigenvalue weighted by atomic mass is 16.5. The normalized spacial score (nSPS) is 11.4. The van der Waals surface area contributed by atoms with Crippen LogP contribution in [0, 0.1) is 0 Å². The predicted molar refractivity (Wildman–Crippen MR) is 53.9 cm³/mol. The number of nitrogens with zero attached hydrogens (tertiary/aromatic N) is 1. The first-order chi connectivity index (χ1) is 5.95. The zero-order valence-corrected chi connectivity index (χ0v) is 8.59. The van der Waals surface area contributed by atoms with Gasteiger partial charge in [-0.15, -0.1) is 0 Å². The zero-order chi connectivity index (χ0) is 10.1. The zero-order valence-electron chi connectivity index (χ0n) is 8.59. The van der Waals surface area contributed by atoms with Crippen LogP contribution in [0.1, 0.15) is 26.5 Å². The van der Waals surface area contributed by atoms with Gasteiger partial charge >= 0.3 is 0 Å². The number of ether oxygens (including phenoxy) is 1. The van der Waals surface area contributed by atoms with Gasteiger partial charge in [-0.25, -0.2) is 0 Å². The highest BCUT2D eigenvalue weighted by Crippen LogP contribution is 2.27. The molecule has 0 radical (unpaired) electrons. The van der Waals surface area contributed by atoms with Gasteiger partial charge < -0.3 is 10.5 Å². The van der Waals surface area contributed by atoms with Crippen molar-refractivity contribution in [3.63, 3.8) is 0 Å². The monoisotopic (exact) mass is 180 g/mol. The Hall–Kier alpha value is -1.25. The smallest absolute Gasteiger partial charge is 0.145 e. The van der Waals surface area contributed by atoms with E-state index in [0.717, 1.165) is 5.69 Å². The summed E-state index contributed by atoms with van der Waals surface area (Å²) in [4.78, 5) is 4.25. The quantitative estimate of drug-likeness (QED) is 0.718. The number of methoxy groups -OCH3 is 1. The lowest BCUT2D eigenvalue weighted by Crippen LogP contribution is -2.13. The van der Waals surface area contributed by atoms with Crippen molar-refractivity contribution in [1.29, 1.82) is 0 Å². The lowest BCUT2D eigenvalue weighted by atomic mass is 9.91. The van der Waals surface area contributed by atoms with E-state index in [0.29, 0.717) is 11.4 Å². The Labute approximate surface area is 78.9 Å². The summed E-state index contributed by atoms with van der Waals surface area (Å²) in [6, 6.07) is 1.88. The van der Waals surface area contributed by atoms with Gasteiger partial charge in [0.25, 0.3) is 0 Å². The van der Waals surface area contributed by atoms with Crippen LogP contribution in [0.3, 0.4) is 0 Å². The number of hydrogen-bond acceptors (Lipinski definition) is 3. The van der Waals surface area contributed by atoms with Crippen LogP contribution < -0.4 is 10.5 Å². The molecule has 1 heterocycles. The van der Waals surface area contributed by atoms with Crippen molar-refractivity contribution in [2.45, 2.75) is 26.2 Å². The molecule has 0 saturated heterocycles. The maximum atomic E-state index is 5.66. The standard InChI is InChI=1S/C10H16N2O/c1-10(2,3)9-5-8(13-4)7(11)6-12-9/h5-6H,11H2,1-4H3. The molecule has 0 bridgehead atoms. The molecule has 0 spiro atoms. The van der Waals surface area contributed by atoms with Gasteiger partial charge in [0.1, 0.15) is 5.75 Å². The maximum absolute atomic E-state index is 5.66. The first kappa shape index (κ1) is 9.84. The van der Waals surface area contributed by atoms with E-state index in [1.807, 2.05) is 6.07 Å².